The fourth-order valence-corrected chi connectivity index (χ4v) is 2.20. The third-order valence-electron chi connectivity index (χ3n) is 3.33. The van der Waals surface area contributed by atoms with E-state index in [1.54, 1.807) is 7.05 Å². The number of imide groups is 1. The lowest BCUT2D eigenvalue weighted by Crippen LogP contribution is -2.43. The molecule has 22 heavy (non-hydrogen) atoms. The Kier molecular flexibility index (Phi) is 5.35. The van der Waals surface area contributed by atoms with Crippen LogP contribution in [0.2, 0.25) is 0 Å². The van der Waals surface area contributed by atoms with Gasteiger partial charge in [0.2, 0.25) is 5.91 Å². The average molecular weight is 303 g/mol. The predicted octanol–water partition coefficient (Wildman–Crippen LogP) is 0.212. The first-order valence-electron chi connectivity index (χ1n) is 7.18. The van der Waals surface area contributed by atoms with Crippen LogP contribution in [0, 0.1) is 6.92 Å². The molecule has 3 amide bonds. The van der Waals surface area contributed by atoms with Gasteiger partial charge in [0.25, 0.3) is 0 Å². The molecule has 7 heteroatoms. The number of carbonyl (C=O) groups excluding carboxylic acids is 2. The van der Waals surface area contributed by atoms with Crippen molar-refractivity contribution in [2.45, 2.75) is 13.5 Å². The fraction of sp³-hybridized carbons (Fsp3) is 0.400. The monoisotopic (exact) mass is 303 g/mol. The number of carbonyl (C=O) groups is 2. The SMILES string of the molecule is CN=C(NCCN1C(=O)CNC1=O)NCc1cccc(C)c1. The number of rotatable bonds is 5. The van der Waals surface area contributed by atoms with Crippen molar-refractivity contribution in [3.8, 4) is 0 Å². The Balaban J connectivity index is 1.76. The quantitative estimate of drug-likeness (QED) is 0.412. The maximum atomic E-state index is 11.4. The van der Waals surface area contributed by atoms with Crippen molar-refractivity contribution in [3.63, 3.8) is 0 Å². The molecule has 0 unspecified atom stereocenters. The van der Waals surface area contributed by atoms with Crippen LogP contribution in [0.25, 0.3) is 0 Å². The number of amides is 3. The summed E-state index contributed by atoms with van der Waals surface area (Å²) in [6.07, 6.45) is 0. The molecule has 1 aromatic rings. The normalized spacial score (nSPS) is 15.0. The van der Waals surface area contributed by atoms with E-state index in [0.717, 1.165) is 5.56 Å². The Labute approximate surface area is 129 Å². The standard InChI is InChI=1S/C15H21N5O2/c1-11-4-3-5-12(8-11)9-18-14(16-2)17-6-7-20-13(21)10-19-15(20)22/h3-5,8H,6-7,9-10H2,1-2H3,(H,19,22)(H2,16,17,18). The van der Waals surface area contributed by atoms with Gasteiger partial charge in [-0.15, -0.1) is 0 Å². The lowest BCUT2D eigenvalue weighted by molar-refractivity contribution is -0.124. The fourth-order valence-electron chi connectivity index (χ4n) is 2.20. The number of urea groups is 1. The average Bonchev–Trinajstić information content (AvgIpc) is 2.82. The molecule has 0 saturated carbocycles. The van der Waals surface area contributed by atoms with Gasteiger partial charge in [-0.05, 0) is 12.5 Å². The van der Waals surface area contributed by atoms with Gasteiger partial charge >= 0.3 is 6.03 Å². The largest absolute Gasteiger partial charge is 0.355 e. The summed E-state index contributed by atoms with van der Waals surface area (Å²) in [5, 5.41) is 8.77. The van der Waals surface area contributed by atoms with Crippen molar-refractivity contribution in [3.05, 3.63) is 35.4 Å². The minimum absolute atomic E-state index is 0.0825. The van der Waals surface area contributed by atoms with Crippen LogP contribution in [0.1, 0.15) is 11.1 Å². The molecule has 7 nitrogen and oxygen atoms in total. The predicted molar refractivity (Wildman–Crippen MR) is 84.5 cm³/mol. The third-order valence-corrected chi connectivity index (χ3v) is 3.33. The summed E-state index contributed by atoms with van der Waals surface area (Å²) < 4.78 is 0. The first kappa shape index (κ1) is 15.8. The molecule has 0 aromatic heterocycles. The van der Waals surface area contributed by atoms with E-state index in [1.807, 2.05) is 12.1 Å². The molecule has 0 atom stereocenters. The van der Waals surface area contributed by atoms with Crippen molar-refractivity contribution in [2.24, 2.45) is 4.99 Å². The van der Waals surface area contributed by atoms with Crippen LogP contribution in [0.5, 0.6) is 0 Å². The molecule has 1 fully saturated rings. The number of nitrogens with one attached hydrogen (secondary N) is 3. The number of hydrogen-bond acceptors (Lipinski definition) is 3. The highest BCUT2D eigenvalue weighted by Gasteiger charge is 2.27. The van der Waals surface area contributed by atoms with E-state index in [2.05, 4.69) is 40.0 Å². The first-order chi connectivity index (χ1) is 10.6. The van der Waals surface area contributed by atoms with Gasteiger partial charge in [-0.3, -0.25) is 14.7 Å². The third kappa shape index (κ3) is 4.21. The van der Waals surface area contributed by atoms with E-state index in [0.29, 0.717) is 25.6 Å². The minimum atomic E-state index is -0.338. The molecule has 1 saturated heterocycles. The van der Waals surface area contributed by atoms with Crippen molar-refractivity contribution >= 4 is 17.9 Å². The topological polar surface area (TPSA) is 85.8 Å². The molecule has 118 valence electrons. The van der Waals surface area contributed by atoms with Crippen LogP contribution in [-0.4, -0.2) is 49.5 Å². The Hall–Kier alpha value is -2.57. The lowest BCUT2D eigenvalue weighted by Gasteiger charge is -2.15. The number of aryl methyl sites for hydroxylation is 1. The van der Waals surface area contributed by atoms with Gasteiger partial charge in [-0.2, -0.15) is 0 Å². The summed E-state index contributed by atoms with van der Waals surface area (Å²) in [5.74, 6) is 0.433. The number of aliphatic imine (C=N–C) groups is 1. The summed E-state index contributed by atoms with van der Waals surface area (Å²) in [7, 11) is 1.68. The van der Waals surface area contributed by atoms with E-state index < -0.39 is 0 Å². The van der Waals surface area contributed by atoms with Crippen LogP contribution in [-0.2, 0) is 11.3 Å². The summed E-state index contributed by atoms with van der Waals surface area (Å²) in [4.78, 5) is 28.1. The first-order valence-corrected chi connectivity index (χ1v) is 7.18. The second-order valence-electron chi connectivity index (χ2n) is 5.05. The van der Waals surface area contributed by atoms with Crippen molar-refractivity contribution in [1.82, 2.24) is 20.9 Å². The van der Waals surface area contributed by atoms with Crippen molar-refractivity contribution in [1.29, 1.82) is 0 Å². The molecule has 0 aliphatic carbocycles. The van der Waals surface area contributed by atoms with Gasteiger partial charge in [-0.25, -0.2) is 4.79 Å². The number of nitrogens with zero attached hydrogens (tertiary/aromatic N) is 2. The van der Waals surface area contributed by atoms with Gasteiger partial charge in [-0.1, -0.05) is 29.8 Å². The number of guanidine groups is 1. The molecular formula is C15H21N5O2. The minimum Gasteiger partial charge on any atom is -0.355 e. The van der Waals surface area contributed by atoms with E-state index in [9.17, 15) is 9.59 Å². The smallest absolute Gasteiger partial charge is 0.324 e. The van der Waals surface area contributed by atoms with E-state index in [1.165, 1.54) is 10.5 Å². The Bertz CT molecular complexity index is 569. The van der Waals surface area contributed by atoms with Gasteiger partial charge in [0.1, 0.15) is 0 Å². The Morgan fingerprint density at radius 2 is 2.18 bits per heavy atom. The van der Waals surface area contributed by atoms with Crippen LogP contribution >= 0.6 is 0 Å². The number of hydrogen-bond donors (Lipinski definition) is 3. The Morgan fingerprint density at radius 1 is 1.36 bits per heavy atom. The number of benzene rings is 1. The maximum absolute atomic E-state index is 11.4. The van der Waals surface area contributed by atoms with Crippen molar-refractivity contribution in [2.75, 3.05) is 26.7 Å². The highest BCUT2D eigenvalue weighted by molar-refractivity contribution is 6.01. The van der Waals surface area contributed by atoms with Crippen LogP contribution in [0.4, 0.5) is 4.79 Å². The maximum Gasteiger partial charge on any atom is 0.324 e. The van der Waals surface area contributed by atoms with E-state index >= 15 is 0 Å². The Morgan fingerprint density at radius 3 is 2.82 bits per heavy atom. The zero-order valence-electron chi connectivity index (χ0n) is 12.8. The highest BCUT2D eigenvalue weighted by Crippen LogP contribution is 2.03. The van der Waals surface area contributed by atoms with Crippen molar-refractivity contribution < 1.29 is 9.59 Å². The second kappa shape index (κ2) is 7.44. The lowest BCUT2D eigenvalue weighted by atomic mass is 10.1. The summed E-state index contributed by atoms with van der Waals surface area (Å²) >= 11 is 0. The molecule has 2 rings (SSSR count). The van der Waals surface area contributed by atoms with Gasteiger partial charge in [0.15, 0.2) is 5.96 Å². The molecule has 3 N–H and O–H groups in total. The molecule has 1 heterocycles. The zero-order chi connectivity index (χ0) is 15.9. The molecule has 0 spiro atoms. The van der Waals surface area contributed by atoms with Crippen LogP contribution < -0.4 is 16.0 Å². The summed E-state index contributed by atoms with van der Waals surface area (Å²) in [6.45, 7) is 3.56. The molecular weight excluding hydrogens is 282 g/mol. The molecule has 0 radical (unpaired) electrons. The second-order valence-corrected chi connectivity index (χ2v) is 5.05. The van der Waals surface area contributed by atoms with Crippen LogP contribution in [0.3, 0.4) is 0 Å². The van der Waals surface area contributed by atoms with Gasteiger partial charge < -0.3 is 16.0 Å². The van der Waals surface area contributed by atoms with E-state index in [4.69, 9.17) is 0 Å². The van der Waals surface area contributed by atoms with E-state index in [-0.39, 0.29) is 18.5 Å². The summed E-state index contributed by atoms with van der Waals surface area (Å²) in [5.41, 5.74) is 2.37. The highest BCUT2D eigenvalue weighted by atomic mass is 16.2. The van der Waals surface area contributed by atoms with Gasteiger partial charge in [0, 0.05) is 26.7 Å². The molecule has 1 aliphatic heterocycles. The van der Waals surface area contributed by atoms with Crippen LogP contribution in [0.15, 0.2) is 29.3 Å². The van der Waals surface area contributed by atoms with Gasteiger partial charge in [0.05, 0.1) is 6.54 Å². The summed E-state index contributed by atoms with van der Waals surface area (Å²) in [6, 6.07) is 7.87. The molecule has 0 bridgehead atoms. The molecule has 1 aliphatic rings. The molecule has 1 aromatic carbocycles. The zero-order valence-corrected chi connectivity index (χ0v) is 12.8.